The monoisotopic (exact) mass is 360 g/mol. The molecule has 1 aromatic heterocycles. The Bertz CT molecular complexity index is 622. The molecular formula is C15H18Cl2N2O4. The fourth-order valence-electron chi connectivity index (χ4n) is 2.44. The van der Waals surface area contributed by atoms with E-state index >= 15 is 0 Å². The van der Waals surface area contributed by atoms with Crippen molar-refractivity contribution in [3.63, 3.8) is 0 Å². The predicted molar refractivity (Wildman–Crippen MR) is 86.2 cm³/mol. The quantitative estimate of drug-likeness (QED) is 0.611. The van der Waals surface area contributed by atoms with Gasteiger partial charge in [-0.05, 0) is 25.8 Å². The van der Waals surface area contributed by atoms with Crippen LogP contribution in [0.5, 0.6) is 0 Å². The number of pyridine rings is 1. The smallest absolute Gasteiger partial charge is 0.409 e. The molecule has 8 heteroatoms. The minimum atomic E-state index is -0.593. The number of esters is 1. The van der Waals surface area contributed by atoms with Crippen LogP contribution in [0.15, 0.2) is 0 Å². The second kappa shape index (κ2) is 7.84. The first kappa shape index (κ1) is 17.8. The number of ether oxygens (including phenoxy) is 2. The number of aromatic nitrogens is 1. The van der Waals surface area contributed by atoms with E-state index in [1.165, 1.54) is 0 Å². The lowest BCUT2D eigenvalue weighted by molar-refractivity contribution is 0.0526. The highest BCUT2D eigenvalue weighted by molar-refractivity contribution is 6.39. The predicted octanol–water partition coefficient (Wildman–Crippen LogP) is 3.12. The summed E-state index contributed by atoms with van der Waals surface area (Å²) in [6, 6.07) is 0. The first-order valence-corrected chi connectivity index (χ1v) is 8.20. The molecule has 1 aliphatic heterocycles. The van der Waals surface area contributed by atoms with E-state index in [0.717, 1.165) is 5.56 Å². The van der Waals surface area contributed by atoms with E-state index in [1.807, 2.05) is 0 Å². The number of carbonyl (C=O) groups excluding carboxylic acids is 2. The molecule has 0 bridgehead atoms. The van der Waals surface area contributed by atoms with Crippen molar-refractivity contribution in [3.05, 3.63) is 27.0 Å². The van der Waals surface area contributed by atoms with Crippen LogP contribution in [-0.4, -0.2) is 48.2 Å². The molecule has 2 rings (SSSR count). The minimum Gasteiger partial charge on any atom is -0.462 e. The fourth-order valence-corrected chi connectivity index (χ4v) is 3.14. The van der Waals surface area contributed by atoms with Crippen molar-refractivity contribution in [1.29, 1.82) is 0 Å². The summed E-state index contributed by atoms with van der Waals surface area (Å²) in [6.07, 6.45) is 0.605. The maximum Gasteiger partial charge on any atom is 0.409 e. The molecule has 0 atom stereocenters. The SMILES string of the molecule is CCOC(=O)c1c(Cl)nc2c(c1Cl)CCN(C(=O)OCC)CC2. The standard InChI is InChI=1S/C15H18Cl2N2O4/c1-3-22-14(20)11-12(16)9-5-7-19(15(21)23-4-2)8-6-10(9)18-13(11)17/h3-8H2,1-2H3. The summed E-state index contributed by atoms with van der Waals surface area (Å²) >= 11 is 12.5. The third kappa shape index (κ3) is 3.87. The van der Waals surface area contributed by atoms with Gasteiger partial charge < -0.3 is 14.4 Å². The first-order valence-electron chi connectivity index (χ1n) is 7.45. The maximum absolute atomic E-state index is 12.0. The highest BCUT2D eigenvalue weighted by Crippen LogP contribution is 2.31. The molecule has 0 saturated carbocycles. The molecule has 0 aliphatic carbocycles. The third-order valence-electron chi connectivity index (χ3n) is 3.53. The van der Waals surface area contributed by atoms with Gasteiger partial charge in [0.05, 0.1) is 18.2 Å². The Balaban J connectivity index is 2.30. The van der Waals surface area contributed by atoms with Crippen LogP contribution in [0.25, 0.3) is 0 Å². The number of halogens is 2. The summed E-state index contributed by atoms with van der Waals surface area (Å²) in [4.78, 5) is 29.7. The summed E-state index contributed by atoms with van der Waals surface area (Å²) in [5.41, 5.74) is 1.50. The molecule has 0 radical (unpaired) electrons. The van der Waals surface area contributed by atoms with E-state index in [2.05, 4.69) is 4.98 Å². The van der Waals surface area contributed by atoms with Gasteiger partial charge in [-0.25, -0.2) is 14.6 Å². The molecule has 6 nitrogen and oxygen atoms in total. The molecule has 1 aliphatic rings. The van der Waals surface area contributed by atoms with Gasteiger partial charge in [0.1, 0.15) is 10.7 Å². The number of amides is 1. The maximum atomic E-state index is 12.0. The van der Waals surface area contributed by atoms with Crippen LogP contribution in [0.4, 0.5) is 4.79 Å². The Labute approximate surface area is 144 Å². The fraction of sp³-hybridized carbons (Fsp3) is 0.533. The lowest BCUT2D eigenvalue weighted by Crippen LogP contribution is -2.33. The summed E-state index contributed by atoms with van der Waals surface area (Å²) in [6.45, 7) is 4.91. The first-order chi connectivity index (χ1) is 11.0. The van der Waals surface area contributed by atoms with Crippen molar-refractivity contribution in [3.8, 4) is 0 Å². The Morgan fingerprint density at radius 2 is 1.78 bits per heavy atom. The van der Waals surface area contributed by atoms with Crippen LogP contribution in [0.1, 0.15) is 35.5 Å². The molecule has 1 amide bonds. The van der Waals surface area contributed by atoms with Gasteiger partial charge in [-0.3, -0.25) is 0 Å². The zero-order valence-electron chi connectivity index (χ0n) is 13.0. The van der Waals surface area contributed by atoms with Crippen LogP contribution in [0.2, 0.25) is 10.2 Å². The normalized spacial score (nSPS) is 14.0. The molecule has 23 heavy (non-hydrogen) atoms. The molecule has 0 unspecified atom stereocenters. The van der Waals surface area contributed by atoms with Crippen LogP contribution in [0, 0.1) is 0 Å². The van der Waals surface area contributed by atoms with Gasteiger partial charge in [0.2, 0.25) is 0 Å². The van der Waals surface area contributed by atoms with Gasteiger partial charge >= 0.3 is 12.1 Å². The van der Waals surface area contributed by atoms with Gasteiger partial charge in [-0.2, -0.15) is 0 Å². The van der Waals surface area contributed by atoms with Gasteiger partial charge in [0, 0.05) is 25.2 Å². The van der Waals surface area contributed by atoms with Crippen LogP contribution >= 0.6 is 23.2 Å². The second-order valence-corrected chi connectivity index (χ2v) is 5.66. The summed E-state index contributed by atoms with van der Waals surface area (Å²) in [5, 5.41) is 0.279. The lowest BCUT2D eigenvalue weighted by Gasteiger charge is -2.18. The summed E-state index contributed by atoms with van der Waals surface area (Å²) in [7, 11) is 0. The van der Waals surface area contributed by atoms with E-state index in [-0.39, 0.29) is 28.4 Å². The number of carbonyl (C=O) groups is 2. The molecule has 0 spiro atoms. The molecule has 1 aromatic rings. The minimum absolute atomic E-state index is 0.0248. The molecule has 0 fully saturated rings. The molecule has 0 saturated heterocycles. The average Bonchev–Trinajstić information content (AvgIpc) is 2.70. The van der Waals surface area contributed by atoms with Crippen molar-refractivity contribution in [2.45, 2.75) is 26.7 Å². The van der Waals surface area contributed by atoms with Gasteiger partial charge in [0.15, 0.2) is 0 Å². The molecule has 2 heterocycles. The third-order valence-corrected chi connectivity index (χ3v) is 4.22. The van der Waals surface area contributed by atoms with Gasteiger partial charge in [-0.15, -0.1) is 0 Å². The van der Waals surface area contributed by atoms with Crippen molar-refractivity contribution in [2.75, 3.05) is 26.3 Å². The Hall–Kier alpha value is -1.53. The highest BCUT2D eigenvalue weighted by atomic mass is 35.5. The highest BCUT2D eigenvalue weighted by Gasteiger charge is 2.27. The van der Waals surface area contributed by atoms with Crippen molar-refractivity contribution in [1.82, 2.24) is 9.88 Å². The Morgan fingerprint density at radius 3 is 2.43 bits per heavy atom. The van der Waals surface area contributed by atoms with Crippen LogP contribution < -0.4 is 0 Å². The topological polar surface area (TPSA) is 68.7 Å². The Morgan fingerprint density at radius 1 is 1.13 bits per heavy atom. The van der Waals surface area contributed by atoms with E-state index in [0.29, 0.717) is 38.2 Å². The van der Waals surface area contributed by atoms with E-state index < -0.39 is 5.97 Å². The number of fused-ring (bicyclic) bond motifs is 1. The van der Waals surface area contributed by atoms with Gasteiger partial charge in [0.25, 0.3) is 0 Å². The van der Waals surface area contributed by atoms with Crippen molar-refractivity contribution < 1.29 is 19.1 Å². The summed E-state index contributed by atoms with van der Waals surface area (Å²) < 4.78 is 9.99. The molecule has 0 aromatic carbocycles. The number of hydrogen-bond acceptors (Lipinski definition) is 5. The van der Waals surface area contributed by atoms with Crippen LogP contribution in [-0.2, 0) is 22.3 Å². The largest absolute Gasteiger partial charge is 0.462 e. The van der Waals surface area contributed by atoms with E-state index in [9.17, 15) is 9.59 Å². The molecule has 0 N–H and O–H groups in total. The van der Waals surface area contributed by atoms with Gasteiger partial charge in [-0.1, -0.05) is 23.2 Å². The molecule has 126 valence electrons. The number of hydrogen-bond donors (Lipinski definition) is 0. The zero-order chi connectivity index (χ0) is 17.0. The van der Waals surface area contributed by atoms with Crippen LogP contribution in [0.3, 0.4) is 0 Å². The zero-order valence-corrected chi connectivity index (χ0v) is 14.5. The Kier molecular flexibility index (Phi) is 6.07. The molecular weight excluding hydrogens is 343 g/mol. The average molecular weight is 361 g/mol. The second-order valence-electron chi connectivity index (χ2n) is 4.92. The number of rotatable bonds is 3. The number of nitrogens with zero attached hydrogens (tertiary/aromatic N) is 2. The van der Waals surface area contributed by atoms with E-state index in [1.54, 1.807) is 18.7 Å². The van der Waals surface area contributed by atoms with Crippen molar-refractivity contribution in [2.24, 2.45) is 0 Å². The summed E-state index contributed by atoms with van der Waals surface area (Å²) in [5.74, 6) is -0.593. The van der Waals surface area contributed by atoms with E-state index in [4.69, 9.17) is 32.7 Å². The lowest BCUT2D eigenvalue weighted by atomic mass is 10.1. The van der Waals surface area contributed by atoms with Crippen molar-refractivity contribution >= 4 is 35.3 Å².